The van der Waals surface area contributed by atoms with E-state index in [1.165, 1.54) is 18.1 Å². The molecule has 4 rings (SSSR count). The number of nitrogen functional groups attached to an aromatic ring is 1. The molecule has 0 saturated carbocycles. The fourth-order valence-electron chi connectivity index (χ4n) is 3.04. The van der Waals surface area contributed by atoms with Gasteiger partial charge in [0.15, 0.2) is 22.1 Å². The van der Waals surface area contributed by atoms with Crippen LogP contribution in [0.1, 0.15) is 32.1 Å². The van der Waals surface area contributed by atoms with E-state index < -0.39 is 6.29 Å². The van der Waals surface area contributed by atoms with Gasteiger partial charge in [-0.1, -0.05) is 18.2 Å². The van der Waals surface area contributed by atoms with Crippen LogP contribution in [0, 0.1) is 3.57 Å². The van der Waals surface area contributed by atoms with Gasteiger partial charge in [-0.3, -0.25) is 4.79 Å². The minimum Gasteiger partial charge on any atom is -0.454 e. The number of carbonyl (C=O) groups is 1. The number of fused-ring (bicyclic) bond motifs is 1. The number of hydrogen-bond donors (Lipinski definition) is 2. The van der Waals surface area contributed by atoms with Crippen LogP contribution in [0.15, 0.2) is 47.1 Å². The summed E-state index contributed by atoms with van der Waals surface area (Å²) in [4.78, 5) is 25.1. The van der Waals surface area contributed by atoms with E-state index in [0.29, 0.717) is 28.0 Å². The number of ether oxygens (including phenoxy) is 2. The van der Waals surface area contributed by atoms with Crippen molar-refractivity contribution in [2.45, 2.75) is 44.3 Å². The Hall–Kier alpha value is -2.54. The first-order chi connectivity index (χ1) is 14.9. The molecule has 3 aromatic rings. The molecule has 31 heavy (non-hydrogen) atoms. The smallest absolute Gasteiger partial charge is 0.268 e. The zero-order chi connectivity index (χ0) is 22.0. The third kappa shape index (κ3) is 4.87. The molecule has 1 aliphatic heterocycles. The van der Waals surface area contributed by atoms with Crippen LogP contribution in [-0.2, 0) is 20.8 Å². The van der Waals surface area contributed by atoms with Crippen molar-refractivity contribution in [3.05, 3.63) is 51.1 Å². The fourth-order valence-corrected chi connectivity index (χ4v) is 4.53. The Bertz CT molecular complexity index is 1150. The van der Waals surface area contributed by atoms with Crippen LogP contribution < -0.4 is 11.1 Å². The summed E-state index contributed by atoms with van der Waals surface area (Å²) in [6.45, 7) is 4.24. The van der Waals surface area contributed by atoms with Crippen molar-refractivity contribution in [1.29, 1.82) is 0 Å². The third-order valence-electron chi connectivity index (χ3n) is 4.40. The summed E-state index contributed by atoms with van der Waals surface area (Å²) in [7, 11) is 0. The molecular formula is C20H21IN6O3S. The lowest BCUT2D eigenvalue weighted by atomic mass is 10.2. The summed E-state index contributed by atoms with van der Waals surface area (Å²) >= 11 is 3.54. The predicted molar refractivity (Wildman–Crippen MR) is 126 cm³/mol. The summed E-state index contributed by atoms with van der Waals surface area (Å²) in [5.41, 5.74) is 8.00. The molecule has 0 bridgehead atoms. The SMILES string of the molecule is CC(C)NC(=O)CCn1c(SC2=COC(c3ccccc3I)O2)nc2c(N)ncnc21. The third-order valence-corrected chi connectivity index (χ3v) is 6.27. The Labute approximate surface area is 197 Å². The molecule has 162 valence electrons. The molecule has 3 heterocycles. The summed E-state index contributed by atoms with van der Waals surface area (Å²) < 4.78 is 14.6. The lowest BCUT2D eigenvalue weighted by Crippen LogP contribution is -2.30. The van der Waals surface area contributed by atoms with Crippen molar-refractivity contribution >= 4 is 57.2 Å². The van der Waals surface area contributed by atoms with Crippen LogP contribution in [0.3, 0.4) is 0 Å². The highest BCUT2D eigenvalue weighted by molar-refractivity contribution is 14.1. The minimum atomic E-state index is -0.518. The maximum Gasteiger partial charge on any atom is 0.268 e. The minimum absolute atomic E-state index is 0.0480. The number of rotatable bonds is 7. The van der Waals surface area contributed by atoms with E-state index in [-0.39, 0.29) is 24.2 Å². The number of nitrogens with zero attached hydrogens (tertiary/aromatic N) is 4. The number of amides is 1. The van der Waals surface area contributed by atoms with E-state index in [0.717, 1.165) is 9.13 Å². The van der Waals surface area contributed by atoms with Gasteiger partial charge in [0.05, 0.1) is 0 Å². The second kappa shape index (κ2) is 9.30. The summed E-state index contributed by atoms with van der Waals surface area (Å²) in [5.74, 6) is 0.236. The molecule has 3 N–H and O–H groups in total. The lowest BCUT2D eigenvalue weighted by Gasteiger charge is -2.13. The standard InChI is InChI=1S/C20H21IN6O3S/c1-11(2)25-14(28)7-8-27-18-16(17(22)23-10-24-18)26-20(27)31-15-9-29-19(30-15)12-5-3-4-6-13(12)21/h3-6,9-11,19H,7-8H2,1-2H3,(H,25,28)(H2,22,23,24). The lowest BCUT2D eigenvalue weighted by molar-refractivity contribution is -0.121. The van der Waals surface area contributed by atoms with Crippen molar-refractivity contribution in [2.75, 3.05) is 5.73 Å². The van der Waals surface area contributed by atoms with Gasteiger partial charge < -0.3 is 25.1 Å². The van der Waals surface area contributed by atoms with Gasteiger partial charge in [0.1, 0.15) is 12.6 Å². The fraction of sp³-hybridized carbons (Fsp3) is 0.300. The maximum atomic E-state index is 12.2. The van der Waals surface area contributed by atoms with Gasteiger partial charge in [0.2, 0.25) is 11.0 Å². The van der Waals surface area contributed by atoms with Crippen LogP contribution in [0.4, 0.5) is 5.82 Å². The molecule has 0 radical (unpaired) electrons. The topological polar surface area (TPSA) is 117 Å². The highest BCUT2D eigenvalue weighted by Gasteiger charge is 2.26. The van der Waals surface area contributed by atoms with Gasteiger partial charge in [-0.15, -0.1) is 0 Å². The number of nitrogens with one attached hydrogen (secondary N) is 1. The van der Waals surface area contributed by atoms with Crippen LogP contribution in [0.5, 0.6) is 0 Å². The molecule has 9 nitrogen and oxygen atoms in total. The number of anilines is 1. The van der Waals surface area contributed by atoms with Crippen molar-refractivity contribution < 1.29 is 14.3 Å². The van der Waals surface area contributed by atoms with Crippen LogP contribution in [0.2, 0.25) is 0 Å². The van der Waals surface area contributed by atoms with Crippen molar-refractivity contribution in [3.63, 3.8) is 0 Å². The molecule has 0 aliphatic carbocycles. The second-order valence-corrected chi connectivity index (χ2v) is 9.23. The van der Waals surface area contributed by atoms with E-state index in [4.69, 9.17) is 15.2 Å². The van der Waals surface area contributed by atoms with E-state index in [9.17, 15) is 4.79 Å². The van der Waals surface area contributed by atoms with Crippen LogP contribution in [0.25, 0.3) is 11.2 Å². The first-order valence-electron chi connectivity index (χ1n) is 9.63. The molecule has 0 fully saturated rings. The first kappa shape index (κ1) is 21.7. The van der Waals surface area contributed by atoms with E-state index in [1.807, 2.05) is 42.7 Å². The summed E-state index contributed by atoms with van der Waals surface area (Å²) in [6.07, 6.45) is 2.72. The average Bonchev–Trinajstić information content (AvgIpc) is 3.32. The average molecular weight is 552 g/mol. The molecule has 1 atom stereocenters. The van der Waals surface area contributed by atoms with Crippen molar-refractivity contribution in [1.82, 2.24) is 24.8 Å². The molecule has 1 amide bonds. The maximum absolute atomic E-state index is 12.2. The summed E-state index contributed by atoms with van der Waals surface area (Å²) in [5, 5.41) is 4.04. The quantitative estimate of drug-likeness (QED) is 0.428. The van der Waals surface area contributed by atoms with Crippen molar-refractivity contribution in [2.24, 2.45) is 0 Å². The Kier molecular flexibility index (Phi) is 6.51. The largest absolute Gasteiger partial charge is 0.454 e. The van der Waals surface area contributed by atoms with Gasteiger partial charge in [-0.05, 0) is 54.3 Å². The number of carbonyl (C=O) groups excluding carboxylic acids is 1. The number of aryl methyl sites for hydroxylation is 1. The normalized spacial score (nSPS) is 15.6. The van der Waals surface area contributed by atoms with E-state index >= 15 is 0 Å². The zero-order valence-corrected chi connectivity index (χ0v) is 19.9. The number of thioether (sulfide) groups is 1. The molecule has 0 saturated heterocycles. The number of benzene rings is 1. The number of halogens is 1. The van der Waals surface area contributed by atoms with Gasteiger partial charge in [0, 0.05) is 28.1 Å². The monoisotopic (exact) mass is 552 g/mol. The Morgan fingerprint density at radius 3 is 2.94 bits per heavy atom. The highest BCUT2D eigenvalue weighted by atomic mass is 127. The predicted octanol–water partition coefficient (Wildman–Crippen LogP) is 3.56. The number of nitrogens with two attached hydrogens (primary N) is 1. The van der Waals surface area contributed by atoms with Gasteiger partial charge >= 0.3 is 0 Å². The molecule has 2 aromatic heterocycles. The number of imidazole rings is 1. The number of hydrogen-bond acceptors (Lipinski definition) is 8. The van der Waals surface area contributed by atoms with Gasteiger partial charge in [0.25, 0.3) is 6.29 Å². The molecule has 11 heteroatoms. The van der Waals surface area contributed by atoms with E-state index in [1.54, 1.807) is 6.26 Å². The Balaban J connectivity index is 1.55. The molecule has 1 aromatic carbocycles. The number of aromatic nitrogens is 4. The molecule has 1 aliphatic rings. The first-order valence-corrected chi connectivity index (χ1v) is 11.5. The van der Waals surface area contributed by atoms with Crippen LogP contribution in [-0.4, -0.2) is 31.5 Å². The van der Waals surface area contributed by atoms with Gasteiger partial charge in [-0.25, -0.2) is 15.0 Å². The molecule has 1 unspecified atom stereocenters. The van der Waals surface area contributed by atoms with Crippen molar-refractivity contribution in [3.8, 4) is 0 Å². The Morgan fingerprint density at radius 1 is 1.35 bits per heavy atom. The molecule has 0 spiro atoms. The van der Waals surface area contributed by atoms with Crippen LogP contribution >= 0.6 is 34.4 Å². The second-order valence-electron chi connectivity index (χ2n) is 7.10. The van der Waals surface area contributed by atoms with E-state index in [2.05, 4.69) is 42.9 Å². The molecular weight excluding hydrogens is 531 g/mol. The highest BCUT2D eigenvalue weighted by Crippen LogP contribution is 2.39. The Morgan fingerprint density at radius 2 is 2.16 bits per heavy atom. The zero-order valence-electron chi connectivity index (χ0n) is 16.9. The van der Waals surface area contributed by atoms with Gasteiger partial charge in [-0.2, -0.15) is 0 Å². The summed E-state index contributed by atoms with van der Waals surface area (Å²) in [6, 6.07) is 7.94.